The normalized spacial score (nSPS) is 10.5. The average Bonchev–Trinajstić information content (AvgIpc) is 2.39. The Morgan fingerprint density at radius 3 is 2.37 bits per heavy atom. The quantitative estimate of drug-likeness (QED) is 0.911. The van der Waals surface area contributed by atoms with E-state index < -0.39 is 5.91 Å². The largest absolute Gasteiger partial charge is 0.490 e. The van der Waals surface area contributed by atoms with E-state index in [9.17, 15) is 4.79 Å². The summed E-state index contributed by atoms with van der Waals surface area (Å²) in [4.78, 5) is 11.3. The van der Waals surface area contributed by atoms with Gasteiger partial charge < -0.3 is 10.5 Å². The molecule has 2 aromatic rings. The summed E-state index contributed by atoms with van der Waals surface area (Å²) in [5.41, 5.74) is 7.77. The molecular formula is C16H17NO2. The highest BCUT2D eigenvalue weighted by molar-refractivity contribution is 5.94. The molecule has 0 fully saturated rings. The number of nitrogens with two attached hydrogens (primary N) is 1. The van der Waals surface area contributed by atoms with E-state index in [0.29, 0.717) is 11.3 Å². The van der Waals surface area contributed by atoms with Crippen LogP contribution in [0.3, 0.4) is 0 Å². The molecule has 0 radical (unpaired) electrons. The van der Waals surface area contributed by atoms with E-state index in [0.717, 1.165) is 11.1 Å². The van der Waals surface area contributed by atoms with Crippen LogP contribution in [0.2, 0.25) is 0 Å². The molecule has 0 saturated heterocycles. The van der Waals surface area contributed by atoms with Gasteiger partial charge in [-0.2, -0.15) is 0 Å². The standard InChI is InChI=1S/C16H17NO2/c1-11(2)19-15-10-13(16(17)18)8-9-14(15)12-6-4-3-5-7-12/h3-11H,1-2H3,(H2,17,18). The fourth-order valence-corrected chi connectivity index (χ4v) is 1.88. The molecule has 0 aliphatic heterocycles. The molecule has 0 unspecified atom stereocenters. The number of carbonyl (C=O) groups is 1. The second-order valence-electron chi connectivity index (χ2n) is 4.61. The predicted molar refractivity (Wildman–Crippen MR) is 76.2 cm³/mol. The molecule has 0 atom stereocenters. The van der Waals surface area contributed by atoms with Crippen LogP contribution < -0.4 is 10.5 Å². The van der Waals surface area contributed by atoms with Crippen molar-refractivity contribution in [3.63, 3.8) is 0 Å². The molecule has 3 heteroatoms. The number of carbonyl (C=O) groups excluding carboxylic acids is 1. The minimum absolute atomic E-state index is 0.0330. The summed E-state index contributed by atoms with van der Waals surface area (Å²) < 4.78 is 5.78. The maximum Gasteiger partial charge on any atom is 0.248 e. The van der Waals surface area contributed by atoms with Crippen LogP contribution in [0.25, 0.3) is 11.1 Å². The van der Waals surface area contributed by atoms with Crippen molar-refractivity contribution in [1.29, 1.82) is 0 Å². The molecular weight excluding hydrogens is 238 g/mol. The van der Waals surface area contributed by atoms with E-state index in [-0.39, 0.29) is 6.10 Å². The lowest BCUT2D eigenvalue weighted by Crippen LogP contribution is -2.12. The number of amides is 1. The van der Waals surface area contributed by atoms with Crippen LogP contribution in [-0.2, 0) is 0 Å². The summed E-state index contributed by atoms with van der Waals surface area (Å²) in [7, 11) is 0. The van der Waals surface area contributed by atoms with Crippen molar-refractivity contribution in [3.05, 3.63) is 54.1 Å². The van der Waals surface area contributed by atoms with Crippen LogP contribution in [0.4, 0.5) is 0 Å². The van der Waals surface area contributed by atoms with Gasteiger partial charge in [0.05, 0.1) is 6.10 Å². The SMILES string of the molecule is CC(C)Oc1cc(C(N)=O)ccc1-c1ccccc1. The highest BCUT2D eigenvalue weighted by Crippen LogP contribution is 2.31. The Morgan fingerprint density at radius 2 is 1.79 bits per heavy atom. The molecule has 1 amide bonds. The second kappa shape index (κ2) is 5.57. The first-order valence-electron chi connectivity index (χ1n) is 6.24. The van der Waals surface area contributed by atoms with Crippen molar-refractivity contribution >= 4 is 5.91 Å². The van der Waals surface area contributed by atoms with E-state index >= 15 is 0 Å². The second-order valence-corrected chi connectivity index (χ2v) is 4.61. The van der Waals surface area contributed by atoms with Crippen LogP contribution in [0.1, 0.15) is 24.2 Å². The zero-order valence-corrected chi connectivity index (χ0v) is 11.1. The van der Waals surface area contributed by atoms with Gasteiger partial charge >= 0.3 is 0 Å². The minimum atomic E-state index is -0.451. The predicted octanol–water partition coefficient (Wildman–Crippen LogP) is 3.24. The Bertz CT molecular complexity index is 577. The van der Waals surface area contributed by atoms with Gasteiger partial charge in [0.25, 0.3) is 0 Å². The molecule has 0 aromatic heterocycles. The van der Waals surface area contributed by atoms with Crippen LogP contribution in [-0.4, -0.2) is 12.0 Å². The van der Waals surface area contributed by atoms with Gasteiger partial charge in [0.2, 0.25) is 5.91 Å². The van der Waals surface area contributed by atoms with Crippen molar-refractivity contribution in [2.45, 2.75) is 20.0 Å². The zero-order valence-electron chi connectivity index (χ0n) is 11.1. The zero-order chi connectivity index (χ0) is 13.8. The van der Waals surface area contributed by atoms with Crippen molar-refractivity contribution in [3.8, 4) is 16.9 Å². The van der Waals surface area contributed by atoms with Crippen LogP contribution in [0.5, 0.6) is 5.75 Å². The summed E-state index contributed by atoms with van der Waals surface area (Å²) in [6.07, 6.45) is 0.0330. The number of primary amides is 1. The van der Waals surface area contributed by atoms with Gasteiger partial charge in [-0.25, -0.2) is 0 Å². The topological polar surface area (TPSA) is 52.3 Å². The number of rotatable bonds is 4. The fraction of sp³-hybridized carbons (Fsp3) is 0.188. The third-order valence-electron chi connectivity index (χ3n) is 2.71. The third kappa shape index (κ3) is 3.13. The van der Waals surface area contributed by atoms with E-state index in [4.69, 9.17) is 10.5 Å². The van der Waals surface area contributed by atoms with Gasteiger partial charge in [-0.1, -0.05) is 30.3 Å². The van der Waals surface area contributed by atoms with Crippen molar-refractivity contribution < 1.29 is 9.53 Å². The van der Waals surface area contributed by atoms with E-state index in [2.05, 4.69) is 0 Å². The van der Waals surface area contributed by atoms with Crippen molar-refractivity contribution in [1.82, 2.24) is 0 Å². The monoisotopic (exact) mass is 255 g/mol. The lowest BCUT2D eigenvalue weighted by atomic mass is 10.0. The van der Waals surface area contributed by atoms with Crippen molar-refractivity contribution in [2.24, 2.45) is 5.73 Å². The average molecular weight is 255 g/mol. The van der Waals surface area contributed by atoms with E-state index in [1.54, 1.807) is 12.1 Å². The summed E-state index contributed by atoms with van der Waals surface area (Å²) in [5.74, 6) is 0.228. The molecule has 3 nitrogen and oxygen atoms in total. The third-order valence-corrected chi connectivity index (χ3v) is 2.71. The minimum Gasteiger partial charge on any atom is -0.490 e. The van der Waals surface area contributed by atoms with Gasteiger partial charge in [0.1, 0.15) is 5.75 Å². The Kier molecular flexibility index (Phi) is 3.85. The Labute approximate surface area is 113 Å². The van der Waals surface area contributed by atoms with Gasteiger partial charge in [-0.15, -0.1) is 0 Å². The number of ether oxygens (including phenoxy) is 1. The number of hydrogen-bond donors (Lipinski definition) is 1. The molecule has 0 spiro atoms. The lowest BCUT2D eigenvalue weighted by molar-refractivity contribution is 0.0999. The first-order chi connectivity index (χ1) is 9.08. The molecule has 19 heavy (non-hydrogen) atoms. The van der Waals surface area contributed by atoms with Crippen LogP contribution in [0, 0.1) is 0 Å². The summed E-state index contributed by atoms with van der Waals surface area (Å²) >= 11 is 0. The summed E-state index contributed by atoms with van der Waals surface area (Å²) in [6.45, 7) is 3.90. The number of hydrogen-bond acceptors (Lipinski definition) is 2. The van der Waals surface area contributed by atoms with Gasteiger partial charge in [0, 0.05) is 11.1 Å². The smallest absolute Gasteiger partial charge is 0.248 e. The Hall–Kier alpha value is -2.29. The molecule has 0 saturated carbocycles. The first kappa shape index (κ1) is 13.1. The maximum atomic E-state index is 11.3. The molecule has 2 aromatic carbocycles. The van der Waals surface area contributed by atoms with Gasteiger partial charge in [0.15, 0.2) is 0 Å². The summed E-state index contributed by atoms with van der Waals surface area (Å²) in [5, 5.41) is 0. The van der Waals surface area contributed by atoms with Gasteiger partial charge in [-0.3, -0.25) is 4.79 Å². The highest BCUT2D eigenvalue weighted by atomic mass is 16.5. The highest BCUT2D eigenvalue weighted by Gasteiger charge is 2.11. The fourth-order valence-electron chi connectivity index (χ4n) is 1.88. The van der Waals surface area contributed by atoms with E-state index in [1.807, 2.05) is 50.2 Å². The van der Waals surface area contributed by atoms with Crippen LogP contribution >= 0.6 is 0 Å². The molecule has 98 valence electrons. The Balaban J connectivity index is 2.51. The molecule has 2 N–H and O–H groups in total. The molecule has 0 bridgehead atoms. The molecule has 0 aliphatic carbocycles. The maximum absolute atomic E-state index is 11.3. The van der Waals surface area contributed by atoms with Crippen molar-refractivity contribution in [2.75, 3.05) is 0 Å². The molecule has 0 heterocycles. The molecule has 2 rings (SSSR count). The van der Waals surface area contributed by atoms with Gasteiger partial charge in [-0.05, 0) is 37.6 Å². The molecule has 0 aliphatic rings. The number of benzene rings is 2. The van der Waals surface area contributed by atoms with Crippen LogP contribution in [0.15, 0.2) is 48.5 Å². The lowest BCUT2D eigenvalue weighted by Gasteiger charge is -2.15. The summed E-state index contributed by atoms with van der Waals surface area (Å²) in [6, 6.07) is 15.2. The Morgan fingerprint density at radius 1 is 1.11 bits per heavy atom. The van der Waals surface area contributed by atoms with E-state index in [1.165, 1.54) is 0 Å². The first-order valence-corrected chi connectivity index (χ1v) is 6.24.